The van der Waals surface area contributed by atoms with Crippen molar-refractivity contribution in [3.63, 3.8) is 0 Å². The number of amides is 1. The number of rotatable bonds is 4. The standard InChI is InChI=1S/C17H23F3N2O3S2/c18-17(19,20)13-5-1-6-14(10-13)21-16(23)12-4-2-8-22(11-12)27(24,25)15-7-3-9-26-15/h3,7,9,12-14H,1-2,4-6,8,10-11H2,(H,21,23). The van der Waals surface area contributed by atoms with Crippen LogP contribution in [-0.4, -0.2) is 43.9 Å². The molecule has 3 rings (SSSR count). The molecule has 10 heteroatoms. The van der Waals surface area contributed by atoms with Gasteiger partial charge in [-0.05, 0) is 43.6 Å². The molecule has 152 valence electrons. The van der Waals surface area contributed by atoms with Gasteiger partial charge < -0.3 is 5.32 Å². The predicted octanol–water partition coefficient (Wildman–Crippen LogP) is 3.39. The van der Waals surface area contributed by atoms with E-state index in [1.165, 1.54) is 10.4 Å². The van der Waals surface area contributed by atoms with Crippen LogP contribution in [0.4, 0.5) is 13.2 Å². The van der Waals surface area contributed by atoms with Crippen LogP contribution in [0.15, 0.2) is 21.7 Å². The second-order valence-electron chi connectivity index (χ2n) is 7.24. The molecule has 0 aromatic carbocycles. The van der Waals surface area contributed by atoms with Crippen LogP contribution in [-0.2, 0) is 14.8 Å². The first-order chi connectivity index (χ1) is 12.7. The van der Waals surface area contributed by atoms with Crippen LogP contribution in [0, 0.1) is 11.8 Å². The van der Waals surface area contributed by atoms with E-state index in [4.69, 9.17) is 0 Å². The van der Waals surface area contributed by atoms with Crippen molar-refractivity contribution in [2.45, 2.75) is 55.0 Å². The average Bonchev–Trinajstić information content (AvgIpc) is 3.17. The average molecular weight is 425 g/mol. The Hall–Kier alpha value is -1.13. The Labute approximate surface area is 161 Å². The molecular formula is C17H23F3N2O3S2. The number of carbonyl (C=O) groups is 1. The number of piperidine rings is 1. The van der Waals surface area contributed by atoms with Gasteiger partial charge in [-0.25, -0.2) is 8.42 Å². The summed E-state index contributed by atoms with van der Waals surface area (Å²) in [5.41, 5.74) is 0. The summed E-state index contributed by atoms with van der Waals surface area (Å²) < 4.78 is 65.6. The number of alkyl halides is 3. The van der Waals surface area contributed by atoms with Crippen LogP contribution in [0.2, 0.25) is 0 Å². The minimum atomic E-state index is -4.24. The molecule has 1 aliphatic carbocycles. The van der Waals surface area contributed by atoms with E-state index in [2.05, 4.69) is 5.32 Å². The molecule has 2 heterocycles. The predicted molar refractivity (Wildman–Crippen MR) is 95.7 cm³/mol. The van der Waals surface area contributed by atoms with Crippen molar-refractivity contribution >= 4 is 27.3 Å². The summed E-state index contributed by atoms with van der Waals surface area (Å²) in [5.74, 6) is -2.24. The smallest absolute Gasteiger partial charge is 0.353 e. The van der Waals surface area contributed by atoms with Gasteiger partial charge in [0.1, 0.15) is 4.21 Å². The first kappa shape index (κ1) is 20.6. The maximum atomic E-state index is 12.9. The minimum Gasteiger partial charge on any atom is -0.353 e. The second-order valence-corrected chi connectivity index (χ2v) is 10.4. The topological polar surface area (TPSA) is 66.5 Å². The lowest BCUT2D eigenvalue weighted by molar-refractivity contribution is -0.184. The fraction of sp³-hybridized carbons (Fsp3) is 0.706. The quantitative estimate of drug-likeness (QED) is 0.806. The molecule has 1 saturated carbocycles. The first-order valence-corrected chi connectivity index (χ1v) is 11.4. The van der Waals surface area contributed by atoms with E-state index in [1.807, 2.05) is 0 Å². The van der Waals surface area contributed by atoms with E-state index < -0.39 is 34.1 Å². The zero-order valence-electron chi connectivity index (χ0n) is 14.7. The Morgan fingerprint density at radius 1 is 1.22 bits per heavy atom. The van der Waals surface area contributed by atoms with E-state index in [1.54, 1.807) is 11.4 Å². The normalized spacial score (nSPS) is 28.0. The summed E-state index contributed by atoms with van der Waals surface area (Å²) in [6.07, 6.45) is -2.18. The molecule has 0 radical (unpaired) electrons. The van der Waals surface area contributed by atoms with Crippen LogP contribution in [0.3, 0.4) is 0 Å². The summed E-state index contributed by atoms with van der Waals surface area (Å²) in [5, 5.41) is 4.42. The van der Waals surface area contributed by atoms with Crippen LogP contribution < -0.4 is 5.32 Å². The molecule has 1 aromatic rings. The molecule has 2 aliphatic rings. The number of hydrogen-bond donors (Lipinski definition) is 1. The van der Waals surface area contributed by atoms with Crippen molar-refractivity contribution in [1.82, 2.24) is 9.62 Å². The van der Waals surface area contributed by atoms with E-state index in [9.17, 15) is 26.4 Å². The molecule has 1 saturated heterocycles. The number of halogens is 3. The van der Waals surface area contributed by atoms with Gasteiger partial charge in [0.05, 0.1) is 11.8 Å². The Morgan fingerprint density at radius 2 is 2.00 bits per heavy atom. The molecule has 1 aliphatic heterocycles. The van der Waals surface area contributed by atoms with Gasteiger partial charge in [0.2, 0.25) is 5.91 Å². The van der Waals surface area contributed by atoms with Gasteiger partial charge in [-0.2, -0.15) is 17.5 Å². The van der Waals surface area contributed by atoms with Crippen LogP contribution in [0.1, 0.15) is 38.5 Å². The Bertz CT molecular complexity index is 750. The molecular weight excluding hydrogens is 401 g/mol. The summed E-state index contributed by atoms with van der Waals surface area (Å²) in [6, 6.07) is 2.69. The summed E-state index contributed by atoms with van der Waals surface area (Å²) >= 11 is 1.13. The number of hydrogen-bond acceptors (Lipinski definition) is 4. The van der Waals surface area contributed by atoms with E-state index in [0.29, 0.717) is 32.2 Å². The number of nitrogens with one attached hydrogen (secondary N) is 1. The highest BCUT2D eigenvalue weighted by Gasteiger charge is 2.43. The van der Waals surface area contributed by atoms with Crippen LogP contribution in [0.25, 0.3) is 0 Å². The van der Waals surface area contributed by atoms with E-state index in [-0.39, 0.29) is 29.5 Å². The van der Waals surface area contributed by atoms with Gasteiger partial charge in [0.25, 0.3) is 10.0 Å². The summed E-state index contributed by atoms with van der Waals surface area (Å²) in [7, 11) is -3.62. The van der Waals surface area contributed by atoms with Crippen LogP contribution in [0.5, 0.6) is 0 Å². The molecule has 1 aromatic heterocycles. The maximum Gasteiger partial charge on any atom is 0.391 e. The lowest BCUT2D eigenvalue weighted by Gasteiger charge is -2.34. The molecule has 3 atom stereocenters. The molecule has 1 amide bonds. The fourth-order valence-electron chi connectivity index (χ4n) is 3.85. The highest BCUT2D eigenvalue weighted by Crippen LogP contribution is 2.37. The molecule has 3 unspecified atom stereocenters. The van der Waals surface area contributed by atoms with Gasteiger partial charge in [-0.1, -0.05) is 12.5 Å². The fourth-order valence-corrected chi connectivity index (χ4v) is 6.52. The minimum absolute atomic E-state index is 0.0709. The lowest BCUT2D eigenvalue weighted by Crippen LogP contribution is -2.49. The first-order valence-electron chi connectivity index (χ1n) is 9.08. The third kappa shape index (κ3) is 4.83. The Kier molecular flexibility index (Phi) is 6.17. The molecule has 2 fully saturated rings. The monoisotopic (exact) mass is 424 g/mol. The van der Waals surface area contributed by atoms with Crippen molar-refractivity contribution < 1.29 is 26.4 Å². The highest BCUT2D eigenvalue weighted by atomic mass is 32.2. The van der Waals surface area contributed by atoms with Crippen molar-refractivity contribution in [2.75, 3.05) is 13.1 Å². The van der Waals surface area contributed by atoms with Gasteiger partial charge in [-0.3, -0.25) is 4.79 Å². The molecule has 27 heavy (non-hydrogen) atoms. The Balaban J connectivity index is 1.60. The van der Waals surface area contributed by atoms with Gasteiger partial charge in [0.15, 0.2) is 0 Å². The van der Waals surface area contributed by atoms with Gasteiger partial charge >= 0.3 is 6.18 Å². The van der Waals surface area contributed by atoms with Crippen molar-refractivity contribution in [1.29, 1.82) is 0 Å². The maximum absolute atomic E-state index is 12.9. The van der Waals surface area contributed by atoms with Crippen molar-refractivity contribution in [3.05, 3.63) is 17.5 Å². The van der Waals surface area contributed by atoms with Gasteiger partial charge in [0, 0.05) is 19.1 Å². The zero-order valence-corrected chi connectivity index (χ0v) is 16.4. The van der Waals surface area contributed by atoms with Gasteiger partial charge in [-0.15, -0.1) is 11.3 Å². The van der Waals surface area contributed by atoms with E-state index in [0.717, 1.165) is 11.3 Å². The van der Waals surface area contributed by atoms with Crippen LogP contribution >= 0.6 is 11.3 Å². The SMILES string of the molecule is O=C(NC1CCCC(C(F)(F)F)C1)C1CCCN(S(=O)(=O)c2cccs2)C1. The highest BCUT2D eigenvalue weighted by molar-refractivity contribution is 7.91. The third-order valence-electron chi connectivity index (χ3n) is 5.33. The number of sulfonamides is 1. The lowest BCUT2D eigenvalue weighted by atomic mass is 9.85. The summed E-state index contributed by atoms with van der Waals surface area (Å²) in [4.78, 5) is 12.6. The molecule has 0 spiro atoms. The van der Waals surface area contributed by atoms with E-state index >= 15 is 0 Å². The number of nitrogens with zero attached hydrogens (tertiary/aromatic N) is 1. The number of carbonyl (C=O) groups excluding carboxylic acids is 1. The summed E-state index contributed by atoms with van der Waals surface area (Å²) in [6.45, 7) is 0.422. The Morgan fingerprint density at radius 3 is 2.67 bits per heavy atom. The number of thiophene rings is 1. The van der Waals surface area contributed by atoms with Crippen molar-refractivity contribution in [3.8, 4) is 0 Å². The largest absolute Gasteiger partial charge is 0.391 e. The zero-order chi connectivity index (χ0) is 19.7. The molecule has 0 bridgehead atoms. The molecule has 1 N–H and O–H groups in total. The molecule has 5 nitrogen and oxygen atoms in total. The third-order valence-corrected chi connectivity index (χ3v) is 8.57. The second kappa shape index (κ2) is 8.08. The van der Waals surface area contributed by atoms with Crippen molar-refractivity contribution in [2.24, 2.45) is 11.8 Å².